The summed E-state index contributed by atoms with van der Waals surface area (Å²) >= 11 is 1.49. The molecule has 2 saturated heterocycles. The Hall–Kier alpha value is -3.95. The lowest BCUT2D eigenvalue weighted by Crippen LogP contribution is -2.48. The molecule has 2 fully saturated rings. The van der Waals surface area contributed by atoms with Gasteiger partial charge in [0.05, 0.1) is 11.0 Å². The van der Waals surface area contributed by atoms with Crippen LogP contribution in [0.5, 0.6) is 0 Å². The van der Waals surface area contributed by atoms with E-state index in [1.165, 1.54) is 17.4 Å². The average molecular weight is 588 g/mol. The molecule has 1 atom stereocenters. The summed E-state index contributed by atoms with van der Waals surface area (Å²) in [5.74, 6) is 1.76. The molecule has 2 aliphatic heterocycles. The van der Waals surface area contributed by atoms with E-state index in [-0.39, 0.29) is 5.91 Å². The molecule has 3 aliphatic rings. The van der Waals surface area contributed by atoms with E-state index in [1.807, 2.05) is 11.0 Å². The van der Waals surface area contributed by atoms with Gasteiger partial charge in [0, 0.05) is 74.6 Å². The molecule has 2 N–H and O–H groups in total. The molecule has 3 aromatic rings. The van der Waals surface area contributed by atoms with Crippen LogP contribution >= 0.6 is 11.3 Å². The van der Waals surface area contributed by atoms with E-state index < -0.39 is 5.41 Å². The molecule has 11 nitrogen and oxygen atoms in total. The van der Waals surface area contributed by atoms with Gasteiger partial charge in [-0.1, -0.05) is 18.7 Å². The molecular weight excluding hydrogens is 550 g/mol. The number of amides is 1. The number of aryl methyl sites for hydroxylation is 1. The third kappa shape index (κ3) is 5.01. The third-order valence-corrected chi connectivity index (χ3v) is 10.0. The van der Waals surface area contributed by atoms with Crippen LogP contribution in [0.4, 0.5) is 16.5 Å². The van der Waals surface area contributed by atoms with Crippen LogP contribution in [0.1, 0.15) is 48.6 Å². The number of fused-ring (bicyclic) bond motifs is 1. The smallest absolute Gasteiger partial charge is 0.246 e. The van der Waals surface area contributed by atoms with Gasteiger partial charge in [0.15, 0.2) is 0 Å². The van der Waals surface area contributed by atoms with Gasteiger partial charge in [-0.2, -0.15) is 10.2 Å². The summed E-state index contributed by atoms with van der Waals surface area (Å²) in [4.78, 5) is 32.1. The second-order valence-corrected chi connectivity index (χ2v) is 12.5. The number of nitrogens with two attached hydrogens (primary N) is 1. The van der Waals surface area contributed by atoms with Crippen LogP contribution in [0, 0.1) is 11.3 Å². The number of nitrogens with zero attached hydrogens (tertiary/aromatic N) is 8. The molecule has 42 heavy (non-hydrogen) atoms. The standard InChI is InChI=1S/C30H37N9O2S/c1-4-25(40)39-15-13-37(14-16-39)20-17-22(33-24(18-20)38-11-9-36(5-2)10-12-38)28-34-29(41-35-28)30(3)8-6-7-23-26(30)21(19-31)27(32)42-23/h4,17-18H,1,5-16,32H2,2-3H3. The highest BCUT2D eigenvalue weighted by Crippen LogP contribution is 2.48. The van der Waals surface area contributed by atoms with Gasteiger partial charge in [0.2, 0.25) is 17.6 Å². The summed E-state index contributed by atoms with van der Waals surface area (Å²) in [7, 11) is 0. The predicted molar refractivity (Wildman–Crippen MR) is 164 cm³/mol. The van der Waals surface area contributed by atoms with Crippen LogP contribution in [0.3, 0.4) is 0 Å². The van der Waals surface area contributed by atoms with Crippen molar-refractivity contribution in [1.82, 2.24) is 24.9 Å². The first-order valence-electron chi connectivity index (χ1n) is 14.7. The summed E-state index contributed by atoms with van der Waals surface area (Å²) in [5, 5.41) is 14.9. The van der Waals surface area contributed by atoms with E-state index in [0.717, 1.165) is 73.9 Å². The lowest BCUT2D eigenvalue weighted by Gasteiger charge is -2.37. The van der Waals surface area contributed by atoms with Gasteiger partial charge >= 0.3 is 0 Å². The van der Waals surface area contributed by atoms with Crippen molar-refractivity contribution in [3.05, 3.63) is 46.7 Å². The Balaban J connectivity index is 1.35. The highest BCUT2D eigenvalue weighted by molar-refractivity contribution is 7.16. The fraction of sp³-hybridized carbons (Fsp3) is 0.500. The van der Waals surface area contributed by atoms with E-state index in [0.29, 0.717) is 54.2 Å². The Labute approximate surface area is 250 Å². The zero-order chi connectivity index (χ0) is 29.4. The molecule has 6 rings (SSSR count). The number of carbonyl (C=O) groups is 1. The fourth-order valence-corrected chi connectivity index (χ4v) is 7.62. The quantitative estimate of drug-likeness (QED) is 0.429. The van der Waals surface area contributed by atoms with Crippen molar-refractivity contribution < 1.29 is 9.32 Å². The Morgan fingerprint density at radius 2 is 1.90 bits per heavy atom. The van der Waals surface area contributed by atoms with Crippen LogP contribution in [0.25, 0.3) is 11.5 Å². The van der Waals surface area contributed by atoms with Crippen molar-refractivity contribution in [1.29, 1.82) is 5.26 Å². The van der Waals surface area contributed by atoms with Gasteiger partial charge < -0.3 is 29.9 Å². The monoisotopic (exact) mass is 587 g/mol. The molecule has 5 heterocycles. The normalized spacial score (nSPS) is 21.2. The van der Waals surface area contributed by atoms with Gasteiger partial charge in [0.1, 0.15) is 22.6 Å². The number of hydrogen-bond donors (Lipinski definition) is 1. The molecular formula is C30H37N9O2S. The average Bonchev–Trinajstić information content (AvgIpc) is 3.66. The first-order chi connectivity index (χ1) is 20.3. The molecule has 220 valence electrons. The van der Waals surface area contributed by atoms with Crippen molar-refractivity contribution in [3.63, 3.8) is 0 Å². The molecule has 0 saturated carbocycles. The number of nitriles is 1. The van der Waals surface area contributed by atoms with Crippen molar-refractivity contribution in [2.24, 2.45) is 0 Å². The molecule has 0 radical (unpaired) electrons. The first kappa shape index (κ1) is 28.2. The van der Waals surface area contributed by atoms with Gasteiger partial charge in [-0.25, -0.2) is 4.98 Å². The molecule has 1 unspecified atom stereocenters. The zero-order valence-electron chi connectivity index (χ0n) is 24.3. The van der Waals surface area contributed by atoms with Crippen LogP contribution < -0.4 is 15.5 Å². The van der Waals surface area contributed by atoms with Gasteiger partial charge in [-0.15, -0.1) is 11.3 Å². The van der Waals surface area contributed by atoms with Gasteiger partial charge in [0.25, 0.3) is 0 Å². The van der Waals surface area contributed by atoms with Crippen LogP contribution in [-0.2, 0) is 16.6 Å². The largest absolute Gasteiger partial charge is 0.389 e. The Morgan fingerprint density at radius 3 is 2.60 bits per heavy atom. The Kier molecular flexibility index (Phi) is 7.64. The number of nitrogen functional groups attached to an aromatic ring is 1. The lowest BCUT2D eigenvalue weighted by atomic mass is 9.72. The highest BCUT2D eigenvalue weighted by atomic mass is 32.1. The third-order valence-electron chi connectivity index (χ3n) is 8.95. The molecule has 1 aliphatic carbocycles. The number of hydrogen-bond acceptors (Lipinski definition) is 11. The van der Waals surface area contributed by atoms with Crippen molar-refractivity contribution in [2.45, 2.75) is 38.5 Å². The first-order valence-corrected chi connectivity index (χ1v) is 15.5. The second-order valence-electron chi connectivity index (χ2n) is 11.4. The fourth-order valence-electron chi connectivity index (χ4n) is 6.43. The number of rotatable bonds is 6. The summed E-state index contributed by atoms with van der Waals surface area (Å²) in [6, 6.07) is 6.47. The van der Waals surface area contributed by atoms with Crippen molar-refractivity contribution in [2.75, 3.05) is 74.4 Å². The van der Waals surface area contributed by atoms with E-state index >= 15 is 0 Å². The number of likely N-dealkylation sites (N-methyl/N-ethyl adjacent to an activating group) is 1. The zero-order valence-corrected chi connectivity index (χ0v) is 25.1. The van der Waals surface area contributed by atoms with Crippen molar-refractivity contribution >= 4 is 33.8 Å². The van der Waals surface area contributed by atoms with E-state index in [2.05, 4.69) is 52.4 Å². The Morgan fingerprint density at radius 1 is 1.17 bits per heavy atom. The van der Waals surface area contributed by atoms with Crippen molar-refractivity contribution in [3.8, 4) is 17.6 Å². The molecule has 1 amide bonds. The topological polar surface area (TPSA) is 132 Å². The molecule has 3 aromatic heterocycles. The maximum atomic E-state index is 12.2. The highest BCUT2D eigenvalue weighted by Gasteiger charge is 2.43. The summed E-state index contributed by atoms with van der Waals surface area (Å²) in [6.45, 7) is 15.4. The minimum atomic E-state index is -0.594. The SMILES string of the molecule is C=CC(=O)N1CCN(c2cc(-c3noc(C4(C)CCCc5sc(N)c(C#N)c54)n3)nc(N3CCN(CC)CC3)c2)CC1. The summed E-state index contributed by atoms with van der Waals surface area (Å²) < 4.78 is 5.95. The van der Waals surface area contributed by atoms with E-state index in [9.17, 15) is 10.1 Å². The molecule has 12 heteroatoms. The maximum absolute atomic E-state index is 12.2. The molecule has 0 bridgehead atoms. The lowest BCUT2D eigenvalue weighted by molar-refractivity contribution is -0.126. The summed E-state index contributed by atoms with van der Waals surface area (Å²) in [6.07, 6.45) is 4.02. The van der Waals surface area contributed by atoms with Crippen LogP contribution in [0.2, 0.25) is 0 Å². The van der Waals surface area contributed by atoms with Crippen LogP contribution in [0.15, 0.2) is 29.3 Å². The number of aromatic nitrogens is 3. The minimum absolute atomic E-state index is 0.0369. The van der Waals surface area contributed by atoms with E-state index in [4.69, 9.17) is 20.2 Å². The number of carbonyl (C=O) groups excluding carboxylic acids is 1. The second kappa shape index (κ2) is 11.4. The maximum Gasteiger partial charge on any atom is 0.246 e. The number of pyridine rings is 1. The summed E-state index contributed by atoms with van der Waals surface area (Å²) in [5.41, 5.74) is 8.76. The van der Waals surface area contributed by atoms with Gasteiger partial charge in [-0.3, -0.25) is 4.79 Å². The molecule has 0 spiro atoms. The van der Waals surface area contributed by atoms with E-state index in [1.54, 1.807) is 0 Å². The van der Waals surface area contributed by atoms with Crippen LogP contribution in [-0.4, -0.2) is 89.7 Å². The predicted octanol–water partition coefficient (Wildman–Crippen LogP) is 3.27. The number of thiophene rings is 1. The minimum Gasteiger partial charge on any atom is -0.389 e. The molecule has 0 aromatic carbocycles. The number of anilines is 3. The van der Waals surface area contributed by atoms with Gasteiger partial charge in [-0.05, 0) is 44.9 Å². The Bertz CT molecular complexity index is 1530. The number of piperazine rings is 2.